The van der Waals surface area contributed by atoms with Gasteiger partial charge in [0.05, 0.1) is 6.07 Å². The molecule has 0 unspecified atom stereocenters. The van der Waals surface area contributed by atoms with Gasteiger partial charge in [-0.1, -0.05) is 26.2 Å². The van der Waals surface area contributed by atoms with Crippen LogP contribution in [0.15, 0.2) is 0 Å². The predicted molar refractivity (Wildman–Crippen MR) is 70.7 cm³/mol. The van der Waals surface area contributed by atoms with Gasteiger partial charge in [-0.25, -0.2) is 0 Å². The summed E-state index contributed by atoms with van der Waals surface area (Å²) in [5, 5.41) is 8.52. The predicted octanol–water partition coefficient (Wildman–Crippen LogP) is 3.41. The number of unbranched alkanes of at least 4 members (excludes halogenated alkanes) is 2. The Bertz CT molecular complexity index is 240. The molecule has 1 aliphatic rings. The lowest BCUT2D eigenvalue weighted by Crippen LogP contribution is -2.55. The van der Waals surface area contributed by atoms with Crippen LogP contribution < -0.4 is 0 Å². The maximum absolute atomic E-state index is 8.52. The van der Waals surface area contributed by atoms with Gasteiger partial charge in [0.15, 0.2) is 0 Å². The van der Waals surface area contributed by atoms with Crippen LogP contribution in [0.25, 0.3) is 0 Å². The summed E-state index contributed by atoms with van der Waals surface area (Å²) >= 11 is 0. The first-order valence-corrected chi connectivity index (χ1v) is 12.4. The summed E-state index contributed by atoms with van der Waals surface area (Å²) in [6, 6.07) is 5.22. The van der Waals surface area contributed by atoms with E-state index in [-0.39, 0.29) is 0 Å². The van der Waals surface area contributed by atoms with E-state index >= 15 is 0 Å². The Labute approximate surface area is 96.5 Å². The molecule has 2 nitrogen and oxygen atoms in total. The van der Waals surface area contributed by atoms with Gasteiger partial charge in [0.1, 0.15) is 16.5 Å². The number of nitrogens with zero attached hydrogens (tertiary/aromatic N) is 2. The summed E-state index contributed by atoms with van der Waals surface area (Å²) in [4.78, 5) is 0. The van der Waals surface area contributed by atoms with Crippen molar-refractivity contribution in [3.8, 4) is 6.07 Å². The Morgan fingerprint density at radius 3 is 2.07 bits per heavy atom. The van der Waals surface area contributed by atoms with E-state index in [0.29, 0.717) is 0 Å². The topological polar surface area (TPSA) is 27.0 Å². The third-order valence-electron chi connectivity index (χ3n) is 3.73. The second-order valence-corrected chi connectivity index (χ2v) is 15.7. The summed E-state index contributed by atoms with van der Waals surface area (Å²) in [5.41, 5.74) is 0. The highest BCUT2D eigenvalue weighted by molar-refractivity contribution is 6.95. The minimum Gasteiger partial charge on any atom is -0.345 e. The molecular weight excluding hydrogens is 216 g/mol. The molecule has 1 heterocycles. The third kappa shape index (κ3) is 3.17. The van der Waals surface area contributed by atoms with Gasteiger partial charge >= 0.3 is 0 Å². The third-order valence-corrected chi connectivity index (χ3v) is 14.2. The van der Waals surface area contributed by atoms with Crippen LogP contribution in [0.4, 0.5) is 0 Å². The van der Waals surface area contributed by atoms with Crippen molar-refractivity contribution in [1.29, 1.82) is 5.26 Å². The molecule has 0 N–H and O–H groups in total. The van der Waals surface area contributed by atoms with Gasteiger partial charge in [-0.15, -0.1) is 0 Å². The minimum atomic E-state index is -1.05. The zero-order valence-electron chi connectivity index (χ0n) is 10.6. The van der Waals surface area contributed by atoms with Crippen LogP contribution in [0.1, 0.15) is 19.3 Å². The largest absolute Gasteiger partial charge is 0.345 e. The lowest BCUT2D eigenvalue weighted by atomic mass is 10.2. The van der Waals surface area contributed by atoms with Gasteiger partial charge in [0.2, 0.25) is 0 Å². The number of rotatable bonds is 4. The van der Waals surface area contributed by atoms with E-state index in [1.165, 1.54) is 25.1 Å². The smallest absolute Gasteiger partial charge is 0.115 e. The first-order chi connectivity index (χ1) is 6.90. The molecule has 0 aromatic carbocycles. The first-order valence-electron chi connectivity index (χ1n) is 6.05. The zero-order valence-corrected chi connectivity index (χ0v) is 12.6. The van der Waals surface area contributed by atoms with Crippen molar-refractivity contribution in [2.45, 2.75) is 57.5 Å². The van der Waals surface area contributed by atoms with Gasteiger partial charge in [0, 0.05) is 6.42 Å². The van der Waals surface area contributed by atoms with Crippen LogP contribution in [0.3, 0.4) is 0 Å². The normalized spacial score (nSPS) is 23.9. The van der Waals surface area contributed by atoms with Crippen LogP contribution in [-0.2, 0) is 0 Å². The average molecular weight is 240 g/mol. The second kappa shape index (κ2) is 4.81. The fourth-order valence-corrected chi connectivity index (χ4v) is 17.0. The van der Waals surface area contributed by atoms with Crippen LogP contribution in [0.2, 0.25) is 38.3 Å². The Kier molecular flexibility index (Phi) is 4.15. The number of hydrogen-bond acceptors (Lipinski definition) is 2. The Balaban J connectivity index is 2.47. The van der Waals surface area contributed by atoms with E-state index in [2.05, 4.69) is 36.5 Å². The highest BCUT2D eigenvalue weighted by atomic mass is 28.4. The van der Waals surface area contributed by atoms with Crippen molar-refractivity contribution >= 4 is 16.5 Å². The molecule has 0 aromatic heterocycles. The second-order valence-electron chi connectivity index (χ2n) is 5.89. The zero-order chi connectivity index (χ0) is 11.5. The molecule has 0 saturated carbocycles. The van der Waals surface area contributed by atoms with E-state index in [1.54, 1.807) is 0 Å². The molecular formula is C11H24N2Si2. The SMILES string of the molecule is C[Si]1(C)CC[Si](C)(C)N1CCCCC#N. The lowest BCUT2D eigenvalue weighted by molar-refractivity contribution is 0.573. The highest BCUT2D eigenvalue weighted by Gasteiger charge is 2.46. The molecule has 0 aromatic rings. The molecule has 0 spiro atoms. The van der Waals surface area contributed by atoms with Crippen LogP contribution in [0, 0.1) is 11.3 Å². The maximum atomic E-state index is 8.52. The van der Waals surface area contributed by atoms with E-state index in [0.717, 1.165) is 12.8 Å². The quantitative estimate of drug-likeness (QED) is 0.556. The molecule has 1 aliphatic heterocycles. The van der Waals surface area contributed by atoms with Crippen molar-refractivity contribution < 1.29 is 0 Å². The van der Waals surface area contributed by atoms with Crippen molar-refractivity contribution in [3.05, 3.63) is 0 Å². The molecule has 1 saturated heterocycles. The fraction of sp³-hybridized carbons (Fsp3) is 0.909. The fourth-order valence-electron chi connectivity index (χ4n) is 2.78. The Hall–Kier alpha value is -0.116. The minimum absolute atomic E-state index is 0.734. The van der Waals surface area contributed by atoms with Crippen LogP contribution in [0.5, 0.6) is 0 Å². The molecule has 15 heavy (non-hydrogen) atoms. The van der Waals surface area contributed by atoms with E-state index in [4.69, 9.17) is 5.26 Å². The summed E-state index contributed by atoms with van der Waals surface area (Å²) in [5.74, 6) is 0. The maximum Gasteiger partial charge on any atom is 0.115 e. The van der Waals surface area contributed by atoms with Gasteiger partial charge in [-0.05, 0) is 31.5 Å². The first kappa shape index (κ1) is 13.0. The van der Waals surface area contributed by atoms with Gasteiger partial charge < -0.3 is 4.23 Å². The molecule has 0 bridgehead atoms. The van der Waals surface area contributed by atoms with Gasteiger partial charge in [0.25, 0.3) is 0 Å². The Morgan fingerprint density at radius 1 is 1.07 bits per heavy atom. The molecule has 4 heteroatoms. The van der Waals surface area contributed by atoms with Crippen molar-refractivity contribution in [1.82, 2.24) is 4.23 Å². The summed E-state index contributed by atoms with van der Waals surface area (Å²) in [6.45, 7) is 11.3. The standard InChI is InChI=1S/C11H24N2Si2/c1-14(2)10-11-15(3,4)13(14)9-7-5-6-8-12/h5-7,9-11H2,1-4H3. The molecule has 0 amide bonds. The van der Waals surface area contributed by atoms with Crippen molar-refractivity contribution in [3.63, 3.8) is 0 Å². The lowest BCUT2D eigenvalue weighted by Gasteiger charge is -2.38. The average Bonchev–Trinajstić information content (AvgIpc) is 2.33. The van der Waals surface area contributed by atoms with E-state index in [1.807, 2.05) is 0 Å². The summed E-state index contributed by atoms with van der Waals surface area (Å²) in [7, 11) is -2.11. The summed E-state index contributed by atoms with van der Waals surface area (Å²) in [6.07, 6.45) is 3.04. The van der Waals surface area contributed by atoms with Crippen molar-refractivity contribution in [2.24, 2.45) is 0 Å². The van der Waals surface area contributed by atoms with Crippen LogP contribution in [-0.4, -0.2) is 27.2 Å². The number of hydrogen-bond donors (Lipinski definition) is 0. The van der Waals surface area contributed by atoms with E-state index < -0.39 is 16.5 Å². The van der Waals surface area contributed by atoms with Gasteiger partial charge in [-0.3, -0.25) is 0 Å². The summed E-state index contributed by atoms with van der Waals surface area (Å²) < 4.78 is 2.90. The molecule has 1 rings (SSSR count). The molecule has 0 aliphatic carbocycles. The molecule has 1 fully saturated rings. The highest BCUT2D eigenvalue weighted by Crippen LogP contribution is 2.36. The molecule has 0 radical (unpaired) electrons. The molecule has 0 atom stereocenters. The van der Waals surface area contributed by atoms with Crippen molar-refractivity contribution in [2.75, 3.05) is 6.54 Å². The van der Waals surface area contributed by atoms with Gasteiger partial charge in [-0.2, -0.15) is 5.26 Å². The Morgan fingerprint density at radius 2 is 1.60 bits per heavy atom. The van der Waals surface area contributed by atoms with Crippen LogP contribution >= 0.6 is 0 Å². The molecule has 86 valence electrons. The number of nitriles is 1. The monoisotopic (exact) mass is 240 g/mol. The van der Waals surface area contributed by atoms with E-state index in [9.17, 15) is 0 Å².